The van der Waals surface area contributed by atoms with Gasteiger partial charge in [-0.2, -0.15) is 0 Å². The number of hydrogen-bond donors (Lipinski definition) is 4. The molecule has 0 saturated heterocycles. The molecule has 8 nitrogen and oxygen atoms in total. The van der Waals surface area contributed by atoms with Crippen LogP contribution in [0.4, 0.5) is 0 Å². The number of rotatable bonds is 6. The summed E-state index contributed by atoms with van der Waals surface area (Å²) in [6.45, 7) is 0. The summed E-state index contributed by atoms with van der Waals surface area (Å²) in [7, 11) is 0. The fraction of sp³-hybridized carbons (Fsp3) is 0.167. The van der Waals surface area contributed by atoms with Gasteiger partial charge >= 0.3 is 11.9 Å². The Morgan fingerprint density at radius 1 is 1.05 bits per heavy atom. The van der Waals surface area contributed by atoms with Crippen LogP contribution in [0, 0.1) is 0 Å². The first-order valence-electron chi connectivity index (χ1n) is 5.46. The van der Waals surface area contributed by atoms with E-state index in [4.69, 9.17) is 15.9 Å². The summed E-state index contributed by atoms with van der Waals surface area (Å²) in [4.78, 5) is 43.9. The number of primary amides is 1. The molecule has 1 rings (SSSR count). The fourth-order valence-electron chi connectivity index (χ4n) is 1.40. The topological polar surface area (TPSA) is 147 Å². The lowest BCUT2D eigenvalue weighted by atomic mass is 10.1. The van der Waals surface area contributed by atoms with Crippen LogP contribution in [0.25, 0.3) is 0 Å². The minimum Gasteiger partial charge on any atom is -0.481 e. The number of carboxylic acid groups (broad SMARTS) is 2. The van der Waals surface area contributed by atoms with Crippen LogP contribution in [0.1, 0.15) is 27.1 Å². The van der Waals surface area contributed by atoms with Crippen molar-refractivity contribution in [1.29, 1.82) is 0 Å². The largest absolute Gasteiger partial charge is 0.481 e. The lowest BCUT2D eigenvalue weighted by Crippen LogP contribution is -2.42. The number of nitrogens with one attached hydrogen (secondary N) is 1. The smallest absolute Gasteiger partial charge is 0.326 e. The average molecular weight is 280 g/mol. The molecule has 0 aromatic heterocycles. The Kier molecular flexibility index (Phi) is 4.79. The minimum atomic E-state index is -1.53. The van der Waals surface area contributed by atoms with Gasteiger partial charge in [-0.15, -0.1) is 0 Å². The van der Waals surface area contributed by atoms with Crippen LogP contribution in [0.2, 0.25) is 0 Å². The predicted octanol–water partition coefficient (Wildman–Crippen LogP) is -0.557. The van der Waals surface area contributed by atoms with Crippen LogP contribution in [0.15, 0.2) is 24.3 Å². The molecule has 0 saturated carbocycles. The van der Waals surface area contributed by atoms with Gasteiger partial charge < -0.3 is 21.3 Å². The monoisotopic (exact) mass is 280 g/mol. The van der Waals surface area contributed by atoms with Gasteiger partial charge in [0.15, 0.2) is 0 Å². The summed E-state index contributed by atoms with van der Waals surface area (Å²) in [5.41, 5.74) is 5.32. The molecular formula is C12H12N2O6. The molecule has 1 atom stereocenters. The Balaban J connectivity index is 2.80. The van der Waals surface area contributed by atoms with E-state index in [1.807, 2.05) is 0 Å². The third-order valence-corrected chi connectivity index (χ3v) is 2.41. The maximum absolute atomic E-state index is 11.7. The van der Waals surface area contributed by atoms with E-state index in [1.54, 1.807) is 0 Å². The van der Waals surface area contributed by atoms with E-state index in [1.165, 1.54) is 24.3 Å². The molecule has 1 aromatic carbocycles. The number of carboxylic acids is 2. The molecule has 20 heavy (non-hydrogen) atoms. The number of aliphatic carboxylic acids is 2. The highest BCUT2D eigenvalue weighted by Gasteiger charge is 2.23. The molecule has 5 N–H and O–H groups in total. The van der Waals surface area contributed by atoms with Crippen molar-refractivity contribution in [3.63, 3.8) is 0 Å². The van der Waals surface area contributed by atoms with Gasteiger partial charge in [0.05, 0.1) is 6.42 Å². The second kappa shape index (κ2) is 6.32. The van der Waals surface area contributed by atoms with Gasteiger partial charge in [-0.3, -0.25) is 14.4 Å². The van der Waals surface area contributed by atoms with Crippen molar-refractivity contribution < 1.29 is 29.4 Å². The molecule has 2 amide bonds. The van der Waals surface area contributed by atoms with Crippen molar-refractivity contribution in [1.82, 2.24) is 5.32 Å². The summed E-state index contributed by atoms with van der Waals surface area (Å²) in [5, 5.41) is 19.4. The van der Waals surface area contributed by atoms with Gasteiger partial charge in [0, 0.05) is 11.1 Å². The normalized spacial score (nSPS) is 11.4. The molecule has 0 spiro atoms. The molecule has 0 heterocycles. The van der Waals surface area contributed by atoms with Crippen molar-refractivity contribution in [2.45, 2.75) is 12.5 Å². The zero-order valence-electron chi connectivity index (χ0n) is 10.2. The van der Waals surface area contributed by atoms with Crippen LogP contribution in [-0.4, -0.2) is 40.0 Å². The molecule has 0 unspecified atom stereocenters. The number of nitrogens with two attached hydrogens (primary N) is 1. The molecule has 1 aromatic rings. The van der Waals surface area contributed by atoms with Crippen LogP contribution < -0.4 is 11.1 Å². The number of amides is 2. The number of hydrogen-bond acceptors (Lipinski definition) is 4. The molecule has 0 aliphatic heterocycles. The Morgan fingerprint density at radius 3 is 1.95 bits per heavy atom. The lowest BCUT2D eigenvalue weighted by Gasteiger charge is -2.12. The van der Waals surface area contributed by atoms with E-state index >= 15 is 0 Å². The number of carbonyl (C=O) groups excluding carboxylic acids is 2. The maximum Gasteiger partial charge on any atom is 0.326 e. The molecule has 0 aliphatic carbocycles. The van der Waals surface area contributed by atoms with Crippen LogP contribution in [-0.2, 0) is 9.59 Å². The summed E-state index contributed by atoms with van der Waals surface area (Å²) in [6.07, 6.45) is -0.736. The first-order chi connectivity index (χ1) is 9.31. The summed E-state index contributed by atoms with van der Waals surface area (Å²) in [5.74, 6) is -4.21. The Morgan fingerprint density at radius 2 is 1.55 bits per heavy atom. The van der Waals surface area contributed by atoms with Gasteiger partial charge in [0.1, 0.15) is 6.04 Å². The zero-order valence-corrected chi connectivity index (χ0v) is 10.2. The highest BCUT2D eigenvalue weighted by Crippen LogP contribution is 2.05. The van der Waals surface area contributed by atoms with Gasteiger partial charge in [-0.25, -0.2) is 4.79 Å². The summed E-state index contributed by atoms with van der Waals surface area (Å²) in [6, 6.07) is 3.66. The molecule has 106 valence electrons. The van der Waals surface area contributed by atoms with Crippen molar-refractivity contribution in [2.24, 2.45) is 5.73 Å². The summed E-state index contributed by atoms with van der Waals surface area (Å²) < 4.78 is 0. The van der Waals surface area contributed by atoms with Crippen molar-refractivity contribution in [3.8, 4) is 0 Å². The van der Waals surface area contributed by atoms with Crippen LogP contribution in [0.3, 0.4) is 0 Å². The second-order valence-corrected chi connectivity index (χ2v) is 3.90. The van der Waals surface area contributed by atoms with E-state index in [9.17, 15) is 19.2 Å². The molecule has 0 radical (unpaired) electrons. The Labute approximate surface area is 113 Å². The highest BCUT2D eigenvalue weighted by atomic mass is 16.4. The van der Waals surface area contributed by atoms with Crippen molar-refractivity contribution in [2.75, 3.05) is 0 Å². The molecule has 0 aliphatic rings. The van der Waals surface area contributed by atoms with Crippen molar-refractivity contribution in [3.05, 3.63) is 35.4 Å². The van der Waals surface area contributed by atoms with Crippen LogP contribution >= 0.6 is 0 Å². The molecule has 0 bridgehead atoms. The molecule has 0 fully saturated rings. The third kappa shape index (κ3) is 4.09. The third-order valence-electron chi connectivity index (χ3n) is 2.41. The second-order valence-electron chi connectivity index (χ2n) is 3.90. The first-order valence-corrected chi connectivity index (χ1v) is 5.46. The predicted molar refractivity (Wildman–Crippen MR) is 66.1 cm³/mol. The Hall–Kier alpha value is -2.90. The van der Waals surface area contributed by atoms with Crippen LogP contribution in [0.5, 0.6) is 0 Å². The molecule has 8 heteroatoms. The van der Waals surface area contributed by atoms with Gasteiger partial charge in [0.2, 0.25) is 5.91 Å². The fourth-order valence-corrected chi connectivity index (χ4v) is 1.40. The van der Waals surface area contributed by atoms with Gasteiger partial charge in [-0.1, -0.05) is 0 Å². The minimum absolute atomic E-state index is 0.0895. The quantitative estimate of drug-likeness (QED) is 0.549. The standard InChI is InChI=1S/C12H12N2O6/c13-10(17)6-1-3-7(4-2-6)11(18)14-8(12(19)20)5-9(15)16/h1-4,8H,5H2,(H2,13,17)(H,14,18)(H,15,16)(H,19,20)/t8-/m1/s1. The lowest BCUT2D eigenvalue weighted by molar-refractivity contribution is -0.145. The van der Waals surface area contributed by atoms with E-state index in [0.717, 1.165) is 0 Å². The maximum atomic E-state index is 11.7. The SMILES string of the molecule is NC(=O)c1ccc(C(=O)N[C@H](CC(=O)O)C(=O)O)cc1. The van der Waals surface area contributed by atoms with E-state index in [2.05, 4.69) is 5.32 Å². The van der Waals surface area contributed by atoms with E-state index in [0.29, 0.717) is 0 Å². The van der Waals surface area contributed by atoms with Crippen molar-refractivity contribution >= 4 is 23.8 Å². The molecular weight excluding hydrogens is 268 g/mol. The number of carbonyl (C=O) groups is 4. The zero-order chi connectivity index (χ0) is 15.3. The summed E-state index contributed by atoms with van der Waals surface area (Å²) >= 11 is 0. The van der Waals surface area contributed by atoms with Gasteiger partial charge in [0.25, 0.3) is 5.91 Å². The van der Waals surface area contributed by atoms with E-state index < -0.39 is 36.2 Å². The highest BCUT2D eigenvalue weighted by molar-refractivity contribution is 5.99. The Bertz CT molecular complexity index is 552. The van der Waals surface area contributed by atoms with Gasteiger partial charge in [-0.05, 0) is 24.3 Å². The average Bonchev–Trinajstić information content (AvgIpc) is 2.37. The first kappa shape index (κ1) is 15.2. The van der Waals surface area contributed by atoms with E-state index in [-0.39, 0.29) is 11.1 Å². The number of benzene rings is 1.